The number of hydrogen-bond donors (Lipinski definition) is 3. The number of aromatic nitrogens is 5. The van der Waals surface area contributed by atoms with Crippen LogP contribution in [0.3, 0.4) is 0 Å². The summed E-state index contributed by atoms with van der Waals surface area (Å²) in [6, 6.07) is 16.7. The summed E-state index contributed by atoms with van der Waals surface area (Å²) in [4.78, 5) is 35.1. The second kappa shape index (κ2) is 9.07. The van der Waals surface area contributed by atoms with E-state index in [0.29, 0.717) is 42.0 Å². The van der Waals surface area contributed by atoms with Crippen molar-refractivity contribution >= 4 is 28.4 Å². The minimum absolute atomic E-state index is 0.0339. The molecule has 0 bridgehead atoms. The van der Waals surface area contributed by atoms with Gasteiger partial charge in [-0.3, -0.25) is 14.3 Å². The molecule has 37 heavy (non-hydrogen) atoms. The van der Waals surface area contributed by atoms with E-state index in [9.17, 15) is 14.7 Å². The summed E-state index contributed by atoms with van der Waals surface area (Å²) in [5.41, 5.74) is 10.4. The van der Waals surface area contributed by atoms with E-state index in [-0.39, 0.29) is 17.7 Å². The molecule has 1 aliphatic rings. The Morgan fingerprint density at radius 2 is 1.86 bits per heavy atom. The van der Waals surface area contributed by atoms with Crippen LogP contribution in [0.2, 0.25) is 0 Å². The molecule has 0 aliphatic carbocycles. The number of para-hydroxylation sites is 1. The standard InChI is InChI=1S/C27H25N7O3/c28-24-22-20(15-32(13-14-35)25(22)30-16-29-24)17-8-10-18(11-9-17)31-26(36)23-21-7-4-12-33(21)34(27(23)37)19-5-2-1-3-6-19/h1-3,5-6,8-11,15-16,35H,4,7,12-14H2,(H,31,36)(H2,28,29,30). The lowest BCUT2D eigenvalue weighted by atomic mass is 10.1. The van der Waals surface area contributed by atoms with Gasteiger partial charge in [0.1, 0.15) is 23.4 Å². The molecule has 3 aromatic heterocycles. The van der Waals surface area contributed by atoms with E-state index in [0.717, 1.165) is 28.9 Å². The van der Waals surface area contributed by atoms with E-state index in [1.165, 1.54) is 6.33 Å². The van der Waals surface area contributed by atoms with Gasteiger partial charge in [0.05, 0.1) is 23.4 Å². The third-order valence-electron chi connectivity index (χ3n) is 6.74. The number of fused-ring (bicyclic) bond motifs is 2. The smallest absolute Gasteiger partial charge is 0.284 e. The second-order valence-corrected chi connectivity index (χ2v) is 8.95. The number of nitrogens with one attached hydrogen (secondary N) is 1. The average molecular weight is 496 g/mol. The maximum absolute atomic E-state index is 13.3. The third kappa shape index (κ3) is 3.78. The van der Waals surface area contributed by atoms with Gasteiger partial charge in [-0.2, -0.15) is 0 Å². The number of nitrogens with two attached hydrogens (primary N) is 1. The lowest BCUT2D eigenvalue weighted by Crippen LogP contribution is -2.26. The Labute approximate surface area is 211 Å². The Kier molecular flexibility index (Phi) is 5.57. The number of nitrogens with zero attached hydrogens (tertiary/aromatic N) is 5. The molecule has 10 nitrogen and oxygen atoms in total. The maximum atomic E-state index is 13.3. The van der Waals surface area contributed by atoms with E-state index in [1.807, 2.05) is 57.9 Å². The minimum atomic E-state index is -0.421. The van der Waals surface area contributed by atoms with E-state index in [1.54, 1.807) is 16.8 Å². The van der Waals surface area contributed by atoms with Gasteiger partial charge in [-0.25, -0.2) is 14.6 Å². The van der Waals surface area contributed by atoms with Crippen molar-refractivity contribution in [2.75, 3.05) is 17.7 Å². The first-order chi connectivity index (χ1) is 18.1. The molecule has 0 atom stereocenters. The van der Waals surface area contributed by atoms with Crippen LogP contribution in [0.1, 0.15) is 22.5 Å². The summed E-state index contributed by atoms with van der Waals surface area (Å²) in [7, 11) is 0. The zero-order valence-electron chi connectivity index (χ0n) is 20.0. The first-order valence-corrected chi connectivity index (χ1v) is 12.1. The molecule has 0 spiro atoms. The molecular weight excluding hydrogens is 470 g/mol. The van der Waals surface area contributed by atoms with Gasteiger partial charge in [0.25, 0.3) is 11.5 Å². The molecule has 1 amide bonds. The number of anilines is 2. The molecular formula is C27H25N7O3. The van der Waals surface area contributed by atoms with Crippen molar-refractivity contribution in [3.63, 3.8) is 0 Å². The number of aliphatic hydroxyl groups is 1. The van der Waals surface area contributed by atoms with Crippen LogP contribution in [0, 0.1) is 0 Å². The average Bonchev–Trinajstić information content (AvgIpc) is 3.58. The number of hydrogen-bond acceptors (Lipinski definition) is 6. The second-order valence-electron chi connectivity index (χ2n) is 8.95. The molecule has 4 heterocycles. The van der Waals surface area contributed by atoms with Crippen molar-refractivity contribution in [2.24, 2.45) is 0 Å². The molecule has 6 rings (SSSR count). The first kappa shape index (κ1) is 22.7. The molecule has 5 aromatic rings. The van der Waals surface area contributed by atoms with Gasteiger partial charge in [0, 0.05) is 30.5 Å². The molecule has 4 N–H and O–H groups in total. The monoisotopic (exact) mass is 495 g/mol. The molecule has 1 aliphatic heterocycles. The zero-order valence-corrected chi connectivity index (χ0v) is 20.0. The van der Waals surface area contributed by atoms with Crippen molar-refractivity contribution in [1.29, 1.82) is 0 Å². The molecule has 186 valence electrons. The van der Waals surface area contributed by atoms with Crippen LogP contribution < -0.4 is 16.6 Å². The predicted octanol–water partition coefficient (Wildman–Crippen LogP) is 2.82. The summed E-state index contributed by atoms with van der Waals surface area (Å²) in [6.07, 6.45) is 4.85. The largest absolute Gasteiger partial charge is 0.395 e. The molecule has 2 aromatic carbocycles. The van der Waals surface area contributed by atoms with Crippen molar-refractivity contribution in [1.82, 2.24) is 23.9 Å². The molecule has 10 heteroatoms. The van der Waals surface area contributed by atoms with Gasteiger partial charge < -0.3 is 20.7 Å². The summed E-state index contributed by atoms with van der Waals surface area (Å²) in [5.74, 6) is -0.0680. The number of carbonyl (C=O) groups is 1. The van der Waals surface area contributed by atoms with Crippen molar-refractivity contribution in [3.05, 3.63) is 88.7 Å². The summed E-state index contributed by atoms with van der Waals surface area (Å²) in [6.45, 7) is 1.04. The highest BCUT2D eigenvalue weighted by Crippen LogP contribution is 2.33. The third-order valence-corrected chi connectivity index (χ3v) is 6.74. The van der Waals surface area contributed by atoms with Crippen LogP contribution in [0.15, 0.2) is 71.9 Å². The fourth-order valence-electron chi connectivity index (χ4n) is 5.10. The van der Waals surface area contributed by atoms with Gasteiger partial charge in [0.15, 0.2) is 0 Å². The highest BCUT2D eigenvalue weighted by atomic mass is 16.3. The number of carbonyl (C=O) groups excluding carboxylic acids is 1. The summed E-state index contributed by atoms with van der Waals surface area (Å²) in [5, 5.41) is 13.0. The van der Waals surface area contributed by atoms with Crippen molar-refractivity contribution in [2.45, 2.75) is 25.9 Å². The van der Waals surface area contributed by atoms with Crippen LogP contribution >= 0.6 is 0 Å². The quantitative estimate of drug-likeness (QED) is 0.332. The van der Waals surface area contributed by atoms with Gasteiger partial charge in [-0.1, -0.05) is 30.3 Å². The lowest BCUT2D eigenvalue weighted by Gasteiger charge is -2.08. The highest BCUT2D eigenvalue weighted by Gasteiger charge is 2.28. The van der Waals surface area contributed by atoms with Gasteiger partial charge in [-0.15, -0.1) is 0 Å². The normalized spacial score (nSPS) is 12.7. The Morgan fingerprint density at radius 3 is 2.62 bits per heavy atom. The van der Waals surface area contributed by atoms with Crippen LogP contribution in [0.25, 0.3) is 27.8 Å². The molecule has 0 fully saturated rings. The number of aliphatic hydroxyl groups excluding tert-OH is 1. The summed E-state index contributed by atoms with van der Waals surface area (Å²) < 4.78 is 5.34. The van der Waals surface area contributed by atoms with Crippen LogP contribution in [0.4, 0.5) is 11.5 Å². The van der Waals surface area contributed by atoms with Crippen LogP contribution in [0.5, 0.6) is 0 Å². The van der Waals surface area contributed by atoms with E-state index in [2.05, 4.69) is 15.3 Å². The Hall–Kier alpha value is -4.70. The van der Waals surface area contributed by atoms with Crippen LogP contribution in [-0.2, 0) is 19.5 Å². The number of nitrogen functional groups attached to an aromatic ring is 1. The fraction of sp³-hybridized carbons (Fsp3) is 0.185. The molecule has 0 radical (unpaired) electrons. The number of benzene rings is 2. The number of rotatable bonds is 6. The Bertz CT molecular complexity index is 1680. The zero-order chi connectivity index (χ0) is 25.5. The van der Waals surface area contributed by atoms with Crippen LogP contribution in [-0.4, -0.2) is 41.5 Å². The van der Waals surface area contributed by atoms with Gasteiger partial charge in [0.2, 0.25) is 0 Å². The van der Waals surface area contributed by atoms with E-state index < -0.39 is 5.91 Å². The Morgan fingerprint density at radius 1 is 1.08 bits per heavy atom. The van der Waals surface area contributed by atoms with E-state index >= 15 is 0 Å². The molecule has 0 saturated heterocycles. The summed E-state index contributed by atoms with van der Waals surface area (Å²) >= 11 is 0. The van der Waals surface area contributed by atoms with Crippen molar-refractivity contribution < 1.29 is 9.90 Å². The SMILES string of the molecule is Nc1ncnc2c1c(-c1ccc(NC(=O)c3c4n(n(-c5ccccc5)c3=O)CCC4)cc1)cn2CCO. The molecule has 0 unspecified atom stereocenters. The minimum Gasteiger partial charge on any atom is -0.395 e. The lowest BCUT2D eigenvalue weighted by molar-refractivity contribution is 0.102. The topological polar surface area (TPSA) is 133 Å². The molecule has 0 saturated carbocycles. The fourth-order valence-corrected chi connectivity index (χ4v) is 5.10. The highest BCUT2D eigenvalue weighted by molar-refractivity contribution is 6.05. The maximum Gasteiger partial charge on any atom is 0.284 e. The first-order valence-electron chi connectivity index (χ1n) is 12.1. The Balaban J connectivity index is 1.32. The predicted molar refractivity (Wildman–Crippen MR) is 141 cm³/mol. The van der Waals surface area contributed by atoms with Gasteiger partial charge in [-0.05, 0) is 42.7 Å². The van der Waals surface area contributed by atoms with E-state index in [4.69, 9.17) is 5.73 Å². The van der Waals surface area contributed by atoms with Crippen molar-refractivity contribution in [3.8, 4) is 16.8 Å². The number of amides is 1. The van der Waals surface area contributed by atoms with Gasteiger partial charge >= 0.3 is 0 Å².